The van der Waals surface area contributed by atoms with Gasteiger partial charge in [0, 0.05) is 57.3 Å². The molecule has 0 aliphatic carbocycles. The van der Waals surface area contributed by atoms with E-state index in [1.165, 1.54) is 11.8 Å². The van der Waals surface area contributed by atoms with E-state index >= 15 is 0 Å². The number of piperazine rings is 1. The lowest BCUT2D eigenvalue weighted by atomic mass is 10.1. The Labute approximate surface area is 193 Å². The normalized spacial score (nSPS) is 19.9. The van der Waals surface area contributed by atoms with E-state index < -0.39 is 0 Å². The second-order valence-corrected chi connectivity index (χ2v) is 9.45. The second kappa shape index (κ2) is 11.2. The quantitative estimate of drug-likeness (QED) is 0.590. The lowest BCUT2D eigenvalue weighted by Gasteiger charge is -2.36. The number of benzene rings is 1. The van der Waals surface area contributed by atoms with Gasteiger partial charge >= 0.3 is 0 Å². The Morgan fingerprint density at radius 1 is 0.781 bits per heavy atom. The summed E-state index contributed by atoms with van der Waals surface area (Å²) >= 11 is 1.44. The van der Waals surface area contributed by atoms with Crippen LogP contribution >= 0.6 is 11.8 Å². The summed E-state index contributed by atoms with van der Waals surface area (Å²) in [5, 5.41) is 0. The zero-order valence-electron chi connectivity index (χ0n) is 18.5. The smallest absolute Gasteiger partial charge is 0.255 e. The lowest BCUT2D eigenvalue weighted by molar-refractivity contribution is -0.135. The molecule has 0 bridgehead atoms. The van der Waals surface area contributed by atoms with Crippen LogP contribution in [0.25, 0.3) is 0 Å². The summed E-state index contributed by atoms with van der Waals surface area (Å²) < 4.78 is 5.34. The summed E-state index contributed by atoms with van der Waals surface area (Å²) in [5.74, 6) is 0.591. The molecule has 0 spiro atoms. The standard InChI is InChI=1S/C23H32N4O4S/c28-21(17-24-13-15-31-16-14-24)26-9-11-27(12-10-26)23(30)19-5-1-2-6-20(19)32-18-22(29)25-7-3-4-8-25/h1-2,5-6H,3-4,7-18H2. The molecule has 0 N–H and O–H groups in total. The van der Waals surface area contributed by atoms with Crippen LogP contribution < -0.4 is 0 Å². The molecule has 0 unspecified atom stereocenters. The summed E-state index contributed by atoms with van der Waals surface area (Å²) in [6.45, 7) is 7.20. The molecule has 4 rings (SSSR count). The van der Waals surface area contributed by atoms with E-state index in [0.29, 0.717) is 57.3 Å². The summed E-state index contributed by atoms with van der Waals surface area (Å²) in [6.07, 6.45) is 2.15. The fourth-order valence-corrected chi connectivity index (χ4v) is 5.29. The van der Waals surface area contributed by atoms with Gasteiger partial charge in [-0.1, -0.05) is 12.1 Å². The molecule has 3 saturated heterocycles. The predicted molar refractivity (Wildman–Crippen MR) is 123 cm³/mol. The number of amides is 3. The number of rotatable bonds is 6. The lowest BCUT2D eigenvalue weighted by Crippen LogP contribution is -2.53. The van der Waals surface area contributed by atoms with Crippen molar-refractivity contribution >= 4 is 29.5 Å². The average molecular weight is 461 g/mol. The highest BCUT2D eigenvalue weighted by molar-refractivity contribution is 8.00. The Bertz CT molecular complexity index is 816. The Hall–Kier alpha value is -2.10. The van der Waals surface area contributed by atoms with E-state index in [9.17, 15) is 14.4 Å². The van der Waals surface area contributed by atoms with Crippen molar-refractivity contribution in [1.29, 1.82) is 0 Å². The van der Waals surface area contributed by atoms with E-state index in [-0.39, 0.29) is 17.7 Å². The number of hydrogen-bond acceptors (Lipinski definition) is 6. The van der Waals surface area contributed by atoms with Crippen LogP contribution in [-0.2, 0) is 14.3 Å². The van der Waals surface area contributed by atoms with Gasteiger partial charge in [0.1, 0.15) is 0 Å². The molecule has 3 fully saturated rings. The van der Waals surface area contributed by atoms with Crippen LogP contribution in [0.1, 0.15) is 23.2 Å². The number of thioether (sulfide) groups is 1. The van der Waals surface area contributed by atoms with Gasteiger partial charge in [0.05, 0.1) is 31.1 Å². The van der Waals surface area contributed by atoms with Crippen molar-refractivity contribution in [1.82, 2.24) is 19.6 Å². The topological polar surface area (TPSA) is 73.4 Å². The minimum absolute atomic E-state index is 0.0259. The van der Waals surface area contributed by atoms with Gasteiger partial charge in [-0.15, -0.1) is 11.8 Å². The first-order valence-electron chi connectivity index (χ1n) is 11.5. The molecule has 32 heavy (non-hydrogen) atoms. The van der Waals surface area contributed by atoms with Gasteiger partial charge in [-0.3, -0.25) is 19.3 Å². The minimum Gasteiger partial charge on any atom is -0.379 e. The van der Waals surface area contributed by atoms with Gasteiger partial charge in [0.25, 0.3) is 5.91 Å². The summed E-state index contributed by atoms with van der Waals surface area (Å²) in [4.78, 5) is 46.8. The molecule has 1 aromatic rings. The van der Waals surface area contributed by atoms with Crippen molar-refractivity contribution in [3.63, 3.8) is 0 Å². The van der Waals surface area contributed by atoms with Gasteiger partial charge < -0.3 is 19.4 Å². The third kappa shape index (κ3) is 5.82. The molecular weight excluding hydrogens is 428 g/mol. The first kappa shape index (κ1) is 23.1. The molecule has 1 aromatic carbocycles. The number of morpholine rings is 1. The molecule has 0 radical (unpaired) electrons. The van der Waals surface area contributed by atoms with Crippen molar-refractivity contribution in [3.05, 3.63) is 29.8 Å². The summed E-state index contributed by atoms with van der Waals surface area (Å²) in [5.41, 5.74) is 0.639. The second-order valence-electron chi connectivity index (χ2n) is 8.43. The Balaban J connectivity index is 1.29. The first-order chi connectivity index (χ1) is 15.6. The van der Waals surface area contributed by atoms with Crippen LogP contribution in [0.4, 0.5) is 0 Å². The van der Waals surface area contributed by atoms with Crippen LogP contribution in [0.5, 0.6) is 0 Å². The minimum atomic E-state index is -0.0259. The first-order valence-corrected chi connectivity index (χ1v) is 12.5. The number of ether oxygens (including phenoxy) is 1. The third-order valence-electron chi connectivity index (χ3n) is 6.31. The fourth-order valence-electron chi connectivity index (χ4n) is 4.35. The van der Waals surface area contributed by atoms with Gasteiger partial charge in [0.15, 0.2) is 0 Å². The molecule has 0 aromatic heterocycles. The maximum atomic E-state index is 13.2. The fraction of sp³-hybridized carbons (Fsp3) is 0.609. The van der Waals surface area contributed by atoms with E-state index in [1.807, 2.05) is 39.0 Å². The Morgan fingerprint density at radius 3 is 2.12 bits per heavy atom. The monoisotopic (exact) mass is 460 g/mol. The molecule has 3 amide bonds. The molecular formula is C23H32N4O4S. The zero-order chi connectivity index (χ0) is 22.3. The van der Waals surface area contributed by atoms with Crippen molar-refractivity contribution in [2.24, 2.45) is 0 Å². The summed E-state index contributed by atoms with van der Waals surface area (Å²) in [7, 11) is 0. The van der Waals surface area contributed by atoms with Crippen LogP contribution in [0.2, 0.25) is 0 Å². The maximum absolute atomic E-state index is 13.2. The van der Waals surface area contributed by atoms with Gasteiger partial charge in [-0.25, -0.2) is 0 Å². The van der Waals surface area contributed by atoms with Gasteiger partial charge in [0.2, 0.25) is 11.8 Å². The number of nitrogens with zero attached hydrogens (tertiary/aromatic N) is 4. The average Bonchev–Trinajstić information content (AvgIpc) is 3.38. The number of carbonyl (C=O) groups is 3. The molecule has 3 aliphatic heterocycles. The molecule has 0 atom stereocenters. The van der Waals surface area contributed by atoms with E-state index in [2.05, 4.69) is 4.90 Å². The SMILES string of the molecule is O=C(CSc1ccccc1C(=O)N1CCN(C(=O)CN2CCOCC2)CC1)N1CCCC1. The van der Waals surface area contributed by atoms with E-state index in [0.717, 1.165) is 43.9 Å². The summed E-state index contributed by atoms with van der Waals surface area (Å²) in [6, 6.07) is 7.52. The predicted octanol–water partition coefficient (Wildman–Crippen LogP) is 1.02. The maximum Gasteiger partial charge on any atom is 0.255 e. The number of likely N-dealkylation sites (tertiary alicyclic amines) is 1. The molecule has 9 heteroatoms. The van der Waals surface area contributed by atoms with Crippen LogP contribution in [0.15, 0.2) is 29.2 Å². The van der Waals surface area contributed by atoms with Gasteiger partial charge in [-0.2, -0.15) is 0 Å². The van der Waals surface area contributed by atoms with Crippen molar-refractivity contribution in [2.75, 3.05) is 77.9 Å². The Kier molecular flexibility index (Phi) is 8.05. The number of hydrogen-bond donors (Lipinski definition) is 0. The van der Waals surface area contributed by atoms with E-state index in [1.54, 1.807) is 0 Å². The molecule has 8 nitrogen and oxygen atoms in total. The molecule has 0 saturated carbocycles. The van der Waals surface area contributed by atoms with Crippen LogP contribution in [0.3, 0.4) is 0 Å². The Morgan fingerprint density at radius 2 is 1.41 bits per heavy atom. The van der Waals surface area contributed by atoms with Crippen molar-refractivity contribution < 1.29 is 19.1 Å². The zero-order valence-corrected chi connectivity index (χ0v) is 19.4. The van der Waals surface area contributed by atoms with Crippen molar-refractivity contribution in [3.8, 4) is 0 Å². The highest BCUT2D eigenvalue weighted by Crippen LogP contribution is 2.25. The number of carbonyl (C=O) groups excluding carboxylic acids is 3. The highest BCUT2D eigenvalue weighted by atomic mass is 32.2. The molecule has 3 heterocycles. The van der Waals surface area contributed by atoms with Crippen LogP contribution in [0, 0.1) is 0 Å². The molecule has 3 aliphatic rings. The molecule has 174 valence electrons. The largest absolute Gasteiger partial charge is 0.379 e. The van der Waals surface area contributed by atoms with Crippen LogP contribution in [-0.4, -0.2) is 115 Å². The highest BCUT2D eigenvalue weighted by Gasteiger charge is 2.27. The van der Waals surface area contributed by atoms with Gasteiger partial charge in [-0.05, 0) is 25.0 Å². The van der Waals surface area contributed by atoms with Crippen molar-refractivity contribution in [2.45, 2.75) is 17.7 Å². The van der Waals surface area contributed by atoms with E-state index in [4.69, 9.17) is 4.74 Å². The third-order valence-corrected chi connectivity index (χ3v) is 7.37.